The van der Waals surface area contributed by atoms with Gasteiger partial charge in [0.25, 0.3) is 0 Å². The molecule has 0 aliphatic heterocycles. The van der Waals surface area contributed by atoms with E-state index >= 15 is 0 Å². The molecule has 0 bridgehead atoms. The van der Waals surface area contributed by atoms with Gasteiger partial charge in [0.2, 0.25) is 6.43 Å². The van der Waals surface area contributed by atoms with E-state index in [9.17, 15) is 13.6 Å². The van der Waals surface area contributed by atoms with E-state index in [4.69, 9.17) is 5.11 Å². The van der Waals surface area contributed by atoms with Gasteiger partial charge in [-0.1, -0.05) is 6.92 Å². The van der Waals surface area contributed by atoms with E-state index in [-0.39, 0.29) is 17.9 Å². The molecule has 16 heavy (non-hydrogen) atoms. The van der Waals surface area contributed by atoms with Gasteiger partial charge >= 0.3 is 5.97 Å². The van der Waals surface area contributed by atoms with Crippen LogP contribution in [0.3, 0.4) is 0 Å². The molecule has 2 N–H and O–H groups in total. The minimum atomic E-state index is -2.44. The molecule has 0 fully saturated rings. The van der Waals surface area contributed by atoms with E-state index in [0.29, 0.717) is 0 Å². The van der Waals surface area contributed by atoms with Crippen LogP contribution in [0.25, 0.3) is 0 Å². The number of aromatic nitrogens is 1. The Morgan fingerprint density at radius 1 is 1.62 bits per heavy atom. The first-order valence-corrected chi connectivity index (χ1v) is 4.72. The molecule has 0 saturated heterocycles. The van der Waals surface area contributed by atoms with Gasteiger partial charge in [-0.3, -0.25) is 0 Å². The monoisotopic (exact) mass is 230 g/mol. The van der Waals surface area contributed by atoms with Crippen LogP contribution in [0.1, 0.15) is 17.3 Å². The number of carbonyl (C=O) groups is 1. The summed E-state index contributed by atoms with van der Waals surface area (Å²) in [6, 6.07) is 2.84. The summed E-state index contributed by atoms with van der Waals surface area (Å²) in [6.07, 6.45) is -1.04. The summed E-state index contributed by atoms with van der Waals surface area (Å²) >= 11 is 0. The Kier molecular flexibility index (Phi) is 4.16. The van der Waals surface area contributed by atoms with Crippen LogP contribution in [0, 0.1) is 5.92 Å². The molecular formula is C10H12F2N2O2. The lowest BCUT2D eigenvalue weighted by Gasteiger charge is -2.12. The van der Waals surface area contributed by atoms with Crippen molar-refractivity contribution in [3.8, 4) is 0 Å². The zero-order valence-electron chi connectivity index (χ0n) is 8.65. The number of aromatic carboxylic acids is 1. The summed E-state index contributed by atoms with van der Waals surface area (Å²) in [4.78, 5) is 14.6. The van der Waals surface area contributed by atoms with E-state index in [1.165, 1.54) is 25.3 Å². The third-order valence-corrected chi connectivity index (χ3v) is 2.06. The highest BCUT2D eigenvalue weighted by Crippen LogP contribution is 2.14. The van der Waals surface area contributed by atoms with Crippen molar-refractivity contribution in [2.24, 2.45) is 5.92 Å². The molecule has 88 valence electrons. The van der Waals surface area contributed by atoms with Crippen molar-refractivity contribution < 1.29 is 18.7 Å². The van der Waals surface area contributed by atoms with Crippen molar-refractivity contribution in [3.05, 3.63) is 23.9 Å². The second-order valence-corrected chi connectivity index (χ2v) is 3.40. The number of rotatable bonds is 5. The van der Waals surface area contributed by atoms with E-state index in [1.54, 1.807) is 0 Å². The lowest BCUT2D eigenvalue weighted by Crippen LogP contribution is -2.20. The highest BCUT2D eigenvalue weighted by molar-refractivity contribution is 5.92. The highest BCUT2D eigenvalue weighted by atomic mass is 19.3. The number of anilines is 1. The fourth-order valence-corrected chi connectivity index (χ4v) is 1.07. The number of hydrogen-bond acceptors (Lipinski definition) is 3. The molecule has 1 atom stereocenters. The Balaban J connectivity index is 2.70. The van der Waals surface area contributed by atoms with Crippen LogP contribution < -0.4 is 5.32 Å². The summed E-state index contributed by atoms with van der Waals surface area (Å²) in [5.74, 6) is -1.88. The predicted octanol–water partition coefficient (Wildman–Crippen LogP) is 2.09. The topological polar surface area (TPSA) is 62.2 Å². The van der Waals surface area contributed by atoms with Crippen LogP contribution >= 0.6 is 0 Å². The molecule has 0 radical (unpaired) electrons. The molecule has 0 aliphatic carbocycles. The van der Waals surface area contributed by atoms with Gasteiger partial charge in [0, 0.05) is 18.7 Å². The fourth-order valence-electron chi connectivity index (χ4n) is 1.07. The summed E-state index contributed by atoms with van der Waals surface area (Å²) in [7, 11) is 0. The molecule has 1 unspecified atom stereocenters. The lowest BCUT2D eigenvalue weighted by atomic mass is 10.2. The molecule has 1 heterocycles. The average Bonchev–Trinajstić information content (AvgIpc) is 2.25. The predicted molar refractivity (Wildman–Crippen MR) is 54.9 cm³/mol. The van der Waals surface area contributed by atoms with E-state index < -0.39 is 18.3 Å². The third-order valence-electron chi connectivity index (χ3n) is 2.06. The molecule has 0 aromatic carbocycles. The zero-order chi connectivity index (χ0) is 12.1. The van der Waals surface area contributed by atoms with Crippen LogP contribution in [-0.4, -0.2) is 29.0 Å². The summed E-state index contributed by atoms with van der Waals surface area (Å²) < 4.78 is 24.4. The molecule has 1 aromatic rings. The quantitative estimate of drug-likeness (QED) is 0.813. The minimum absolute atomic E-state index is 0.0189. The van der Waals surface area contributed by atoms with E-state index in [0.717, 1.165) is 0 Å². The SMILES string of the molecule is CC(CNc1ncccc1C(=O)O)C(F)F. The molecule has 0 amide bonds. The fraction of sp³-hybridized carbons (Fsp3) is 0.400. The normalized spacial score (nSPS) is 12.5. The third kappa shape index (κ3) is 3.15. The van der Waals surface area contributed by atoms with Crippen molar-refractivity contribution >= 4 is 11.8 Å². The highest BCUT2D eigenvalue weighted by Gasteiger charge is 2.16. The second-order valence-electron chi connectivity index (χ2n) is 3.40. The van der Waals surface area contributed by atoms with Crippen LogP contribution in [0.15, 0.2) is 18.3 Å². The van der Waals surface area contributed by atoms with Crippen molar-refractivity contribution in [1.29, 1.82) is 0 Å². The molecule has 6 heteroatoms. The van der Waals surface area contributed by atoms with Crippen LogP contribution in [0.5, 0.6) is 0 Å². The molecule has 0 spiro atoms. The molecule has 0 saturated carbocycles. The minimum Gasteiger partial charge on any atom is -0.478 e. The number of carboxylic acids is 1. The first-order valence-electron chi connectivity index (χ1n) is 4.72. The average molecular weight is 230 g/mol. The van der Waals surface area contributed by atoms with E-state index in [1.807, 2.05) is 0 Å². The number of carboxylic acid groups (broad SMARTS) is 1. The molecule has 1 aromatic heterocycles. The number of hydrogen-bond donors (Lipinski definition) is 2. The van der Waals surface area contributed by atoms with Crippen molar-refractivity contribution in [2.45, 2.75) is 13.3 Å². The van der Waals surface area contributed by atoms with Gasteiger partial charge in [0.1, 0.15) is 11.4 Å². The Bertz CT molecular complexity index is 372. The molecule has 4 nitrogen and oxygen atoms in total. The Morgan fingerprint density at radius 2 is 2.31 bits per heavy atom. The van der Waals surface area contributed by atoms with Crippen molar-refractivity contribution in [1.82, 2.24) is 4.98 Å². The lowest BCUT2D eigenvalue weighted by molar-refractivity contribution is 0.0697. The van der Waals surface area contributed by atoms with Gasteiger partial charge in [-0.25, -0.2) is 18.6 Å². The summed E-state index contributed by atoms with van der Waals surface area (Å²) in [5, 5.41) is 11.4. The smallest absolute Gasteiger partial charge is 0.339 e. The van der Waals surface area contributed by atoms with Gasteiger partial charge in [0.15, 0.2) is 0 Å². The standard InChI is InChI=1S/C10H12F2N2O2/c1-6(8(11)12)5-14-9-7(10(15)16)3-2-4-13-9/h2-4,6,8H,5H2,1H3,(H,13,14)(H,15,16). The molecular weight excluding hydrogens is 218 g/mol. The number of halogens is 2. The number of alkyl halides is 2. The maximum Gasteiger partial charge on any atom is 0.339 e. The second kappa shape index (κ2) is 5.39. The number of nitrogens with zero attached hydrogens (tertiary/aromatic N) is 1. The Morgan fingerprint density at radius 3 is 2.88 bits per heavy atom. The largest absolute Gasteiger partial charge is 0.478 e. The van der Waals surface area contributed by atoms with Gasteiger partial charge in [0.05, 0.1) is 0 Å². The Labute approximate surface area is 91.3 Å². The van der Waals surface area contributed by atoms with Crippen LogP contribution in [-0.2, 0) is 0 Å². The van der Waals surface area contributed by atoms with Gasteiger partial charge < -0.3 is 10.4 Å². The van der Waals surface area contributed by atoms with Gasteiger partial charge in [-0.15, -0.1) is 0 Å². The van der Waals surface area contributed by atoms with Crippen molar-refractivity contribution in [2.75, 3.05) is 11.9 Å². The Hall–Kier alpha value is -1.72. The zero-order valence-corrected chi connectivity index (χ0v) is 8.65. The summed E-state index contributed by atoms with van der Waals surface area (Å²) in [6.45, 7) is 1.36. The molecule has 0 aliphatic rings. The summed E-state index contributed by atoms with van der Waals surface area (Å²) in [5.41, 5.74) is -0.0241. The van der Waals surface area contributed by atoms with Gasteiger partial charge in [-0.2, -0.15) is 0 Å². The first kappa shape index (κ1) is 12.4. The van der Waals surface area contributed by atoms with Gasteiger partial charge in [-0.05, 0) is 12.1 Å². The first-order chi connectivity index (χ1) is 7.52. The van der Waals surface area contributed by atoms with Crippen LogP contribution in [0.2, 0.25) is 0 Å². The molecule has 1 rings (SSSR count). The van der Waals surface area contributed by atoms with Crippen molar-refractivity contribution in [3.63, 3.8) is 0 Å². The number of pyridine rings is 1. The van der Waals surface area contributed by atoms with Crippen LogP contribution in [0.4, 0.5) is 14.6 Å². The maximum atomic E-state index is 12.2. The number of nitrogens with one attached hydrogen (secondary N) is 1. The van der Waals surface area contributed by atoms with E-state index in [2.05, 4.69) is 10.3 Å². The maximum absolute atomic E-state index is 12.2.